The molecule has 0 saturated heterocycles. The first-order valence-electron chi connectivity index (χ1n) is 17.4. The Morgan fingerprint density at radius 3 is 1.47 bits per heavy atom. The number of nitrogens with zero attached hydrogens (tertiary/aromatic N) is 2. The van der Waals surface area contributed by atoms with Crippen LogP contribution >= 0.6 is 0 Å². The van der Waals surface area contributed by atoms with E-state index < -0.39 is 114 Å². The molecule has 0 aliphatic rings. The second-order valence-corrected chi connectivity index (χ2v) is 13.8. The van der Waals surface area contributed by atoms with Gasteiger partial charge < -0.3 is 47.1 Å². The number of hydrogen-bond acceptors (Lipinski definition) is 13. The van der Waals surface area contributed by atoms with Crippen molar-refractivity contribution < 1.29 is 68.2 Å². The first kappa shape index (κ1) is 48.7. The Hall–Kier alpha value is -6.36. The fourth-order valence-electron chi connectivity index (χ4n) is 4.30. The molecule has 23 nitrogen and oxygen atoms in total. The number of ether oxygens (including phenoxy) is 1. The van der Waals surface area contributed by atoms with Crippen LogP contribution < -0.4 is 37.2 Å². The smallest absolute Gasteiger partial charge is 0.408 e. The number of hydroxylamine groups is 4. The molecule has 0 fully saturated rings. The number of anilines is 1. The molecule has 9 amide bonds. The maximum atomic E-state index is 13.1. The van der Waals surface area contributed by atoms with Gasteiger partial charge in [0.15, 0.2) is 0 Å². The topological polar surface area (TPSA) is 331 Å². The highest BCUT2D eigenvalue weighted by molar-refractivity contribution is 6.06. The number of nitrogens with one attached hydrogen (secondary N) is 7. The van der Waals surface area contributed by atoms with Crippen molar-refractivity contribution in [3.05, 3.63) is 29.8 Å². The second-order valence-electron chi connectivity index (χ2n) is 13.8. The standard InChI is InChI=1S/C34H51N9O14/c1-16(35-24(44)14-42(55)31(51)20(5)39-27(47)18(3)40-33(54)57-34(7,8)9)28(48)41-23-13-11-10-12-22(23)29(49)37-17(2)26(46)38-19(4)30(50)43(56)15-25(45)36-21(6)32(52)53/h10-13,16-21,55-56H,14-15H2,1-9H3,(H,35,44)(H,36,45)(H,37,49)(H,38,46)(H,39,47)(H,40,54)(H,41,48)(H,52,53)/t16-,17-,18-,19-,20-,21-/m0/s1. The van der Waals surface area contributed by atoms with Gasteiger partial charge >= 0.3 is 12.1 Å². The average molecular weight is 810 g/mol. The normalized spacial score (nSPS) is 14.0. The van der Waals surface area contributed by atoms with E-state index in [1.165, 1.54) is 65.8 Å². The van der Waals surface area contributed by atoms with E-state index in [1.807, 2.05) is 5.32 Å². The number of carboxylic acid groups (broad SMARTS) is 1. The highest BCUT2D eigenvalue weighted by atomic mass is 16.6. The van der Waals surface area contributed by atoms with Gasteiger partial charge in [0.2, 0.25) is 29.5 Å². The van der Waals surface area contributed by atoms with E-state index in [0.29, 0.717) is 0 Å². The summed E-state index contributed by atoms with van der Waals surface area (Å²) in [5.41, 5.74) is -0.976. The van der Waals surface area contributed by atoms with Crippen molar-refractivity contribution in [1.82, 2.24) is 42.0 Å². The van der Waals surface area contributed by atoms with Crippen molar-refractivity contribution in [1.29, 1.82) is 0 Å². The van der Waals surface area contributed by atoms with Crippen LogP contribution in [0.4, 0.5) is 10.5 Å². The number of hydrogen-bond donors (Lipinski definition) is 10. The molecule has 23 heteroatoms. The molecular formula is C34H51N9O14. The third-order valence-corrected chi connectivity index (χ3v) is 7.37. The van der Waals surface area contributed by atoms with Crippen LogP contribution in [-0.4, -0.2) is 140 Å². The summed E-state index contributed by atoms with van der Waals surface area (Å²) in [7, 11) is 0. The van der Waals surface area contributed by atoms with Crippen LogP contribution in [0.2, 0.25) is 0 Å². The number of carboxylic acids is 1. The number of alkyl carbamates (subject to hydrolysis) is 1. The summed E-state index contributed by atoms with van der Waals surface area (Å²) in [4.78, 5) is 123. The van der Waals surface area contributed by atoms with Gasteiger partial charge in [0.25, 0.3) is 17.7 Å². The van der Waals surface area contributed by atoms with Gasteiger partial charge in [0, 0.05) is 0 Å². The van der Waals surface area contributed by atoms with E-state index in [-0.39, 0.29) is 21.4 Å². The lowest BCUT2D eigenvalue weighted by Gasteiger charge is -2.24. The van der Waals surface area contributed by atoms with Crippen LogP contribution in [0, 0.1) is 0 Å². The number of carbonyl (C=O) groups excluding carboxylic acids is 9. The molecular weight excluding hydrogens is 758 g/mol. The molecule has 0 unspecified atom stereocenters. The predicted molar refractivity (Wildman–Crippen MR) is 196 cm³/mol. The summed E-state index contributed by atoms with van der Waals surface area (Å²) in [6, 6.07) is -2.10. The summed E-state index contributed by atoms with van der Waals surface area (Å²) < 4.78 is 5.07. The average Bonchev–Trinajstić information content (AvgIpc) is 3.09. The van der Waals surface area contributed by atoms with E-state index in [9.17, 15) is 58.4 Å². The number of rotatable bonds is 18. The Balaban J connectivity index is 2.73. The minimum Gasteiger partial charge on any atom is -0.480 e. The van der Waals surface area contributed by atoms with Crippen molar-refractivity contribution in [2.45, 2.75) is 104 Å². The molecule has 0 spiro atoms. The third-order valence-electron chi connectivity index (χ3n) is 7.37. The zero-order valence-electron chi connectivity index (χ0n) is 32.9. The summed E-state index contributed by atoms with van der Waals surface area (Å²) >= 11 is 0. The molecule has 1 aromatic carbocycles. The third kappa shape index (κ3) is 16.9. The molecule has 10 N–H and O–H groups in total. The monoisotopic (exact) mass is 809 g/mol. The van der Waals surface area contributed by atoms with Crippen LogP contribution in [-0.2, 0) is 43.1 Å². The van der Waals surface area contributed by atoms with Crippen molar-refractivity contribution >= 4 is 65.0 Å². The lowest BCUT2D eigenvalue weighted by atomic mass is 10.1. The minimum absolute atomic E-state index is 0.0137. The van der Waals surface area contributed by atoms with Crippen LogP contribution in [0.5, 0.6) is 0 Å². The number of aliphatic carboxylic acids is 1. The Kier molecular flexibility index (Phi) is 18.5. The molecule has 0 radical (unpaired) electrons. The Morgan fingerprint density at radius 1 is 0.596 bits per heavy atom. The molecule has 0 aliphatic heterocycles. The zero-order chi connectivity index (χ0) is 43.9. The van der Waals surface area contributed by atoms with Crippen molar-refractivity contribution in [3.8, 4) is 0 Å². The van der Waals surface area contributed by atoms with Gasteiger partial charge in [-0.1, -0.05) is 12.1 Å². The highest BCUT2D eigenvalue weighted by Gasteiger charge is 2.29. The quantitative estimate of drug-likeness (QED) is 0.0578. The van der Waals surface area contributed by atoms with Crippen molar-refractivity contribution in [2.24, 2.45) is 0 Å². The molecule has 0 aromatic heterocycles. The predicted octanol–water partition coefficient (Wildman–Crippen LogP) is -1.80. The summed E-state index contributed by atoms with van der Waals surface area (Å²) in [5.74, 6) is -8.86. The molecule has 0 bridgehead atoms. The fourth-order valence-corrected chi connectivity index (χ4v) is 4.30. The van der Waals surface area contributed by atoms with Crippen LogP contribution in [0.3, 0.4) is 0 Å². The highest BCUT2D eigenvalue weighted by Crippen LogP contribution is 2.16. The minimum atomic E-state index is -1.39. The molecule has 1 rings (SSSR count). The van der Waals surface area contributed by atoms with E-state index in [0.717, 1.165) is 0 Å². The van der Waals surface area contributed by atoms with E-state index in [2.05, 4.69) is 31.9 Å². The first-order valence-corrected chi connectivity index (χ1v) is 17.4. The molecule has 1 aromatic rings. The second kappa shape index (κ2) is 21.7. The van der Waals surface area contributed by atoms with Gasteiger partial charge in [0.1, 0.15) is 54.9 Å². The molecule has 316 valence electrons. The van der Waals surface area contributed by atoms with Gasteiger partial charge in [-0.25, -0.2) is 14.9 Å². The molecule has 0 heterocycles. The number of benzene rings is 1. The summed E-state index contributed by atoms with van der Waals surface area (Å²) in [5, 5.41) is 45.0. The van der Waals surface area contributed by atoms with E-state index >= 15 is 0 Å². The summed E-state index contributed by atoms with van der Waals surface area (Å²) in [6.45, 7) is 10.5. The molecule has 6 atom stereocenters. The first-order chi connectivity index (χ1) is 26.2. The van der Waals surface area contributed by atoms with Gasteiger partial charge in [-0.2, -0.15) is 0 Å². The molecule has 0 saturated carbocycles. The number of amides is 9. The largest absolute Gasteiger partial charge is 0.480 e. The van der Waals surface area contributed by atoms with Crippen LogP contribution in [0.1, 0.15) is 72.7 Å². The van der Waals surface area contributed by atoms with E-state index in [4.69, 9.17) is 9.84 Å². The summed E-state index contributed by atoms with van der Waals surface area (Å²) in [6.07, 6.45) is -0.873. The Bertz CT molecular complexity index is 1700. The lowest BCUT2D eigenvalue weighted by Crippen LogP contribution is -2.54. The molecule has 57 heavy (non-hydrogen) atoms. The fraction of sp³-hybridized carbons (Fsp3) is 0.529. The maximum absolute atomic E-state index is 13.1. The Morgan fingerprint density at radius 2 is 1.02 bits per heavy atom. The van der Waals surface area contributed by atoms with E-state index in [1.54, 1.807) is 20.8 Å². The number of para-hydroxylation sites is 1. The maximum Gasteiger partial charge on any atom is 0.408 e. The van der Waals surface area contributed by atoms with Gasteiger partial charge in [-0.15, -0.1) is 0 Å². The SMILES string of the molecule is C[C@H](NC(=O)CN(O)C(=O)[C@H](C)NC(=O)[C@H](C)NC(=O)c1ccccc1NC(=O)[C@H](C)NC(=O)CN(O)C(=O)[C@H](C)NC(=O)[C@H](C)NC(=O)OC(C)(C)C)C(=O)O. The van der Waals surface area contributed by atoms with Gasteiger partial charge in [-0.3, -0.25) is 53.6 Å². The van der Waals surface area contributed by atoms with Crippen LogP contribution in [0.15, 0.2) is 24.3 Å². The van der Waals surface area contributed by atoms with Gasteiger partial charge in [-0.05, 0) is 74.4 Å². The number of carbonyl (C=O) groups is 10. The Labute approximate surface area is 327 Å². The van der Waals surface area contributed by atoms with Crippen molar-refractivity contribution in [3.63, 3.8) is 0 Å². The molecule has 0 aliphatic carbocycles. The zero-order valence-corrected chi connectivity index (χ0v) is 32.9. The van der Waals surface area contributed by atoms with Gasteiger partial charge in [0.05, 0.1) is 11.3 Å². The van der Waals surface area contributed by atoms with Crippen LogP contribution in [0.25, 0.3) is 0 Å². The van der Waals surface area contributed by atoms with Crippen molar-refractivity contribution in [2.75, 3.05) is 18.4 Å². The lowest BCUT2D eigenvalue weighted by molar-refractivity contribution is -0.171.